The molecule has 1 aliphatic rings. The van der Waals surface area contributed by atoms with Crippen molar-refractivity contribution in [3.05, 3.63) is 40.7 Å². The third-order valence-corrected chi connectivity index (χ3v) is 5.68. The fraction of sp³-hybridized carbons (Fsp3) is 0.350. The van der Waals surface area contributed by atoms with E-state index in [0.29, 0.717) is 27.9 Å². The molecule has 1 aliphatic heterocycles. The van der Waals surface area contributed by atoms with Crippen molar-refractivity contribution < 1.29 is 14.4 Å². The van der Waals surface area contributed by atoms with Crippen LogP contribution in [0.4, 0.5) is 21.2 Å². The number of benzene rings is 1. The molecule has 3 N–H and O–H groups in total. The molecule has 29 heavy (non-hydrogen) atoms. The van der Waals surface area contributed by atoms with Crippen molar-refractivity contribution in [1.82, 2.24) is 5.32 Å². The number of anilines is 3. The maximum atomic E-state index is 12.7. The second-order valence-corrected chi connectivity index (χ2v) is 8.44. The number of nitrogens with one attached hydrogen (secondary N) is 3. The van der Waals surface area contributed by atoms with E-state index in [1.807, 2.05) is 19.1 Å². The van der Waals surface area contributed by atoms with E-state index in [1.165, 1.54) is 11.3 Å². The molecule has 4 amide bonds. The molecule has 154 valence electrons. The lowest BCUT2D eigenvalue weighted by Crippen LogP contribution is -2.45. The molecule has 9 heteroatoms. The van der Waals surface area contributed by atoms with Gasteiger partial charge in [0.25, 0.3) is 0 Å². The first kappa shape index (κ1) is 21.1. The van der Waals surface area contributed by atoms with Gasteiger partial charge in [0.1, 0.15) is 6.04 Å². The van der Waals surface area contributed by atoms with Crippen LogP contribution in [0.25, 0.3) is 0 Å². The highest BCUT2D eigenvalue weighted by atomic mass is 35.5. The predicted molar refractivity (Wildman–Crippen MR) is 117 cm³/mol. The van der Waals surface area contributed by atoms with Crippen LogP contribution in [0, 0.1) is 0 Å². The minimum Gasteiger partial charge on any atom is -0.326 e. The standard InChI is InChI=1S/C20H23ClN4O3S/c1-2-4-15(23-20(28)24-17-11-10-16(21)29-17)19(27)22-13-6-8-14(9-7-13)25-12-3-5-18(25)26/h6-11,15H,2-5,12H2,1H3,(H,22,27)(H2,23,24,28). The molecule has 1 saturated heterocycles. The smallest absolute Gasteiger partial charge is 0.320 e. The zero-order valence-electron chi connectivity index (χ0n) is 16.0. The van der Waals surface area contributed by atoms with E-state index >= 15 is 0 Å². The number of thiophene rings is 1. The zero-order valence-corrected chi connectivity index (χ0v) is 17.6. The first-order valence-electron chi connectivity index (χ1n) is 9.50. The van der Waals surface area contributed by atoms with E-state index in [-0.39, 0.29) is 11.8 Å². The van der Waals surface area contributed by atoms with E-state index < -0.39 is 12.1 Å². The number of rotatable bonds is 7. The topological polar surface area (TPSA) is 90.5 Å². The van der Waals surface area contributed by atoms with Gasteiger partial charge in [0.05, 0.1) is 9.34 Å². The molecule has 1 atom stereocenters. The first-order chi connectivity index (χ1) is 14.0. The van der Waals surface area contributed by atoms with Crippen molar-refractivity contribution >= 4 is 57.2 Å². The Labute approximate surface area is 178 Å². The summed E-state index contributed by atoms with van der Waals surface area (Å²) in [5.41, 5.74) is 1.43. The second kappa shape index (κ2) is 9.76. The molecule has 1 aromatic carbocycles. The number of nitrogens with zero attached hydrogens (tertiary/aromatic N) is 1. The average Bonchev–Trinajstić information content (AvgIpc) is 3.30. The van der Waals surface area contributed by atoms with Gasteiger partial charge in [-0.05, 0) is 49.2 Å². The molecule has 1 fully saturated rings. The molecule has 0 saturated carbocycles. The Balaban J connectivity index is 1.58. The average molecular weight is 435 g/mol. The number of halogens is 1. The summed E-state index contributed by atoms with van der Waals surface area (Å²) in [5.74, 6) is -0.178. The highest BCUT2D eigenvalue weighted by Crippen LogP contribution is 2.26. The minimum absolute atomic E-state index is 0.118. The van der Waals surface area contributed by atoms with Gasteiger partial charge >= 0.3 is 6.03 Å². The lowest BCUT2D eigenvalue weighted by atomic mass is 10.1. The molecule has 3 rings (SSSR count). The first-order valence-corrected chi connectivity index (χ1v) is 10.7. The number of carbonyl (C=O) groups excluding carboxylic acids is 3. The van der Waals surface area contributed by atoms with Crippen LogP contribution in [0.3, 0.4) is 0 Å². The van der Waals surface area contributed by atoms with Crippen LogP contribution in [0.2, 0.25) is 4.34 Å². The molecule has 2 aromatic rings. The zero-order chi connectivity index (χ0) is 20.8. The number of carbonyl (C=O) groups is 3. The van der Waals surface area contributed by atoms with Gasteiger partial charge in [-0.25, -0.2) is 4.79 Å². The van der Waals surface area contributed by atoms with E-state index in [0.717, 1.165) is 25.1 Å². The van der Waals surface area contributed by atoms with E-state index in [9.17, 15) is 14.4 Å². The van der Waals surface area contributed by atoms with Gasteiger partial charge in [0.2, 0.25) is 11.8 Å². The van der Waals surface area contributed by atoms with Crippen molar-refractivity contribution in [3.8, 4) is 0 Å². The highest BCUT2D eigenvalue weighted by Gasteiger charge is 2.23. The monoisotopic (exact) mass is 434 g/mol. The lowest BCUT2D eigenvalue weighted by Gasteiger charge is -2.19. The van der Waals surface area contributed by atoms with Crippen LogP contribution >= 0.6 is 22.9 Å². The third kappa shape index (κ3) is 5.71. The van der Waals surface area contributed by atoms with Crippen LogP contribution in [0.15, 0.2) is 36.4 Å². The summed E-state index contributed by atoms with van der Waals surface area (Å²) < 4.78 is 0.572. The fourth-order valence-corrected chi connectivity index (χ4v) is 4.06. The van der Waals surface area contributed by atoms with Gasteiger partial charge in [-0.15, -0.1) is 11.3 Å². The quantitative estimate of drug-likeness (QED) is 0.601. The van der Waals surface area contributed by atoms with Gasteiger partial charge in [-0.3, -0.25) is 14.9 Å². The number of hydrogen-bond acceptors (Lipinski definition) is 4. The Kier molecular flexibility index (Phi) is 7.11. The van der Waals surface area contributed by atoms with Gasteiger partial charge in [0.15, 0.2) is 0 Å². The number of amides is 4. The molecular weight excluding hydrogens is 412 g/mol. The molecular formula is C20H23ClN4O3S. The van der Waals surface area contributed by atoms with Crippen LogP contribution < -0.4 is 20.9 Å². The Morgan fingerprint density at radius 2 is 1.93 bits per heavy atom. The maximum Gasteiger partial charge on any atom is 0.320 e. The second-order valence-electron chi connectivity index (χ2n) is 6.73. The summed E-state index contributed by atoms with van der Waals surface area (Å²) in [6.45, 7) is 2.67. The highest BCUT2D eigenvalue weighted by molar-refractivity contribution is 7.20. The maximum absolute atomic E-state index is 12.7. The SMILES string of the molecule is CCCC(NC(=O)Nc1ccc(Cl)s1)C(=O)Nc1ccc(N2CCCC2=O)cc1. The Hall–Kier alpha value is -2.58. The molecule has 1 unspecified atom stereocenters. The van der Waals surface area contributed by atoms with Crippen LogP contribution in [-0.2, 0) is 9.59 Å². The summed E-state index contributed by atoms with van der Waals surface area (Å²) in [4.78, 5) is 38.4. The largest absolute Gasteiger partial charge is 0.326 e. The predicted octanol–water partition coefficient (Wildman–Crippen LogP) is 4.46. The van der Waals surface area contributed by atoms with Crippen LogP contribution in [0.1, 0.15) is 32.6 Å². The van der Waals surface area contributed by atoms with E-state index in [2.05, 4.69) is 16.0 Å². The van der Waals surface area contributed by atoms with Gasteiger partial charge < -0.3 is 15.5 Å². The molecule has 0 bridgehead atoms. The normalized spacial score (nSPS) is 14.6. The summed E-state index contributed by atoms with van der Waals surface area (Å²) in [7, 11) is 0. The molecule has 0 aliphatic carbocycles. The van der Waals surface area contributed by atoms with Gasteiger partial charge in [-0.1, -0.05) is 24.9 Å². The van der Waals surface area contributed by atoms with Gasteiger partial charge in [-0.2, -0.15) is 0 Å². The molecule has 7 nitrogen and oxygen atoms in total. The molecule has 2 heterocycles. The fourth-order valence-electron chi connectivity index (χ4n) is 3.12. The Morgan fingerprint density at radius 1 is 1.17 bits per heavy atom. The number of hydrogen-bond donors (Lipinski definition) is 3. The van der Waals surface area contributed by atoms with Gasteiger partial charge in [0, 0.05) is 24.3 Å². The van der Waals surface area contributed by atoms with Crippen molar-refractivity contribution in [2.24, 2.45) is 0 Å². The summed E-state index contributed by atoms with van der Waals surface area (Å²) in [6, 6.07) is 9.41. The van der Waals surface area contributed by atoms with E-state index in [4.69, 9.17) is 11.6 Å². The minimum atomic E-state index is -0.671. The van der Waals surface area contributed by atoms with Crippen LogP contribution in [-0.4, -0.2) is 30.4 Å². The van der Waals surface area contributed by atoms with Crippen molar-refractivity contribution in [3.63, 3.8) is 0 Å². The van der Waals surface area contributed by atoms with Crippen LogP contribution in [0.5, 0.6) is 0 Å². The molecule has 0 radical (unpaired) electrons. The van der Waals surface area contributed by atoms with Crippen molar-refractivity contribution in [2.45, 2.75) is 38.6 Å². The Bertz CT molecular complexity index is 884. The summed E-state index contributed by atoms with van der Waals surface area (Å²) in [5, 5.41) is 8.82. The summed E-state index contributed by atoms with van der Waals surface area (Å²) >= 11 is 7.11. The number of urea groups is 1. The van der Waals surface area contributed by atoms with E-state index in [1.54, 1.807) is 29.2 Å². The van der Waals surface area contributed by atoms with Crippen molar-refractivity contribution in [2.75, 3.05) is 22.1 Å². The third-order valence-electron chi connectivity index (χ3n) is 4.53. The molecule has 0 spiro atoms. The molecule has 1 aromatic heterocycles. The lowest BCUT2D eigenvalue weighted by molar-refractivity contribution is -0.118. The van der Waals surface area contributed by atoms with Crippen molar-refractivity contribution in [1.29, 1.82) is 0 Å². The Morgan fingerprint density at radius 3 is 2.52 bits per heavy atom. The summed E-state index contributed by atoms with van der Waals surface area (Å²) in [6.07, 6.45) is 2.67.